The summed E-state index contributed by atoms with van der Waals surface area (Å²) >= 11 is 0. The Morgan fingerprint density at radius 1 is 0.757 bits per heavy atom. The van der Waals surface area contributed by atoms with Gasteiger partial charge in [0, 0.05) is 23.7 Å². The highest BCUT2D eigenvalue weighted by molar-refractivity contribution is 6.52. The van der Waals surface area contributed by atoms with E-state index in [-0.39, 0.29) is 33.6 Å². The number of amides is 1. The zero-order chi connectivity index (χ0) is 27.2. The molecular weight excluding hydrogens is 468 g/mol. The van der Waals surface area contributed by atoms with E-state index in [0.29, 0.717) is 11.1 Å². The molecule has 3 aromatic rings. The van der Waals surface area contributed by atoms with E-state index in [0.717, 1.165) is 5.56 Å². The first-order valence-electron chi connectivity index (χ1n) is 11.6. The molecule has 0 aliphatic rings. The number of aliphatic imine (C=N–C) groups is 1. The van der Waals surface area contributed by atoms with Crippen LogP contribution in [-0.2, 0) is 10.2 Å². The van der Waals surface area contributed by atoms with Gasteiger partial charge in [-0.25, -0.2) is 4.79 Å². The molecule has 0 aromatic heterocycles. The first-order chi connectivity index (χ1) is 17.5. The Morgan fingerprint density at radius 3 is 1.81 bits per heavy atom. The fourth-order valence-corrected chi connectivity index (χ4v) is 3.59. The third-order valence-corrected chi connectivity index (χ3v) is 5.73. The van der Waals surface area contributed by atoms with Crippen LogP contribution in [0.1, 0.15) is 58.2 Å². The first-order valence-corrected chi connectivity index (χ1v) is 11.6. The van der Waals surface area contributed by atoms with Crippen molar-refractivity contribution in [2.24, 2.45) is 10.7 Å². The summed E-state index contributed by atoms with van der Waals surface area (Å²) in [4.78, 5) is 41.4. The minimum Gasteiger partial charge on any atom is -0.478 e. The van der Waals surface area contributed by atoms with Gasteiger partial charge >= 0.3 is 5.97 Å². The molecule has 8 heteroatoms. The summed E-state index contributed by atoms with van der Waals surface area (Å²) < 4.78 is 0. The molecule has 37 heavy (non-hydrogen) atoms. The number of hydrazine groups is 1. The lowest BCUT2D eigenvalue weighted by molar-refractivity contribution is -0.109. The van der Waals surface area contributed by atoms with Gasteiger partial charge in [-0.15, -0.1) is 0 Å². The van der Waals surface area contributed by atoms with Gasteiger partial charge in [0.25, 0.3) is 5.91 Å². The van der Waals surface area contributed by atoms with E-state index in [9.17, 15) is 14.4 Å². The number of nitrogens with one attached hydrogen (secondary N) is 2. The third kappa shape index (κ3) is 6.49. The number of rotatable bonds is 8. The molecule has 0 saturated carbocycles. The first kappa shape index (κ1) is 26.9. The molecule has 0 radical (unpaired) electrons. The van der Waals surface area contributed by atoms with Crippen LogP contribution in [0.5, 0.6) is 0 Å². The van der Waals surface area contributed by atoms with Gasteiger partial charge in [0.1, 0.15) is 11.4 Å². The molecule has 190 valence electrons. The number of nitrogens with two attached hydrogens (primary N) is 1. The van der Waals surface area contributed by atoms with Gasteiger partial charge in [-0.1, -0.05) is 75.4 Å². The summed E-state index contributed by atoms with van der Waals surface area (Å²) in [6.07, 6.45) is 0. The highest BCUT2D eigenvalue weighted by atomic mass is 16.4. The number of Topliss-reactive ketones (excluding diaryl/α,β-unsaturated/α-hetero) is 1. The number of carboxylic acid groups (broad SMARTS) is 1. The van der Waals surface area contributed by atoms with Crippen LogP contribution in [0.2, 0.25) is 0 Å². The number of allylic oxidation sites excluding steroid dienone is 1. The van der Waals surface area contributed by atoms with Gasteiger partial charge in [0.2, 0.25) is 5.78 Å². The van der Waals surface area contributed by atoms with E-state index in [1.54, 1.807) is 24.3 Å². The number of carbonyl (C=O) groups is 3. The van der Waals surface area contributed by atoms with Gasteiger partial charge < -0.3 is 10.8 Å². The molecule has 8 nitrogen and oxygen atoms in total. The maximum absolute atomic E-state index is 13.5. The summed E-state index contributed by atoms with van der Waals surface area (Å²) in [5.41, 5.74) is 14.5. The lowest BCUT2D eigenvalue weighted by Gasteiger charge is -2.19. The van der Waals surface area contributed by atoms with Gasteiger partial charge in [-0.2, -0.15) is 0 Å². The lowest BCUT2D eigenvalue weighted by Crippen LogP contribution is -2.38. The van der Waals surface area contributed by atoms with E-state index in [1.807, 2.05) is 30.3 Å². The van der Waals surface area contributed by atoms with Crippen LogP contribution in [0.15, 0.2) is 89.6 Å². The molecular formula is C29H30N4O4. The monoisotopic (exact) mass is 498 g/mol. The van der Waals surface area contributed by atoms with E-state index in [2.05, 4.69) is 36.6 Å². The molecule has 5 N–H and O–H groups in total. The van der Waals surface area contributed by atoms with Crippen LogP contribution in [0, 0.1) is 0 Å². The molecule has 1 amide bonds. The predicted molar refractivity (Wildman–Crippen MR) is 144 cm³/mol. The summed E-state index contributed by atoms with van der Waals surface area (Å²) in [6.45, 7) is 6.32. The van der Waals surface area contributed by atoms with Gasteiger partial charge in [-0.3, -0.25) is 25.4 Å². The van der Waals surface area contributed by atoms with Crippen molar-refractivity contribution in [1.29, 1.82) is 0 Å². The number of hydrogen-bond donors (Lipinski definition) is 4. The summed E-state index contributed by atoms with van der Waals surface area (Å²) in [5.74, 6) is -2.13. The second-order valence-corrected chi connectivity index (χ2v) is 9.35. The van der Waals surface area contributed by atoms with Crippen molar-refractivity contribution in [3.63, 3.8) is 0 Å². The molecule has 3 aromatic carbocycles. The number of benzene rings is 3. The Labute approximate surface area is 215 Å². The van der Waals surface area contributed by atoms with Crippen molar-refractivity contribution in [1.82, 2.24) is 10.9 Å². The number of hydrogen-bond acceptors (Lipinski definition) is 6. The largest absolute Gasteiger partial charge is 0.478 e. The van der Waals surface area contributed by atoms with E-state index in [1.165, 1.54) is 31.3 Å². The smallest absolute Gasteiger partial charge is 0.335 e. The number of ketones is 1. The lowest BCUT2D eigenvalue weighted by atomic mass is 9.86. The van der Waals surface area contributed by atoms with Crippen molar-refractivity contribution in [3.8, 4) is 0 Å². The van der Waals surface area contributed by atoms with E-state index in [4.69, 9.17) is 10.8 Å². The van der Waals surface area contributed by atoms with Crippen molar-refractivity contribution < 1.29 is 19.5 Å². The molecule has 0 atom stereocenters. The Balaban J connectivity index is 1.91. The Bertz CT molecular complexity index is 1350. The van der Waals surface area contributed by atoms with Gasteiger partial charge in [0.05, 0.1) is 11.3 Å². The fourth-order valence-electron chi connectivity index (χ4n) is 3.59. The van der Waals surface area contributed by atoms with Crippen molar-refractivity contribution in [3.05, 3.63) is 112 Å². The van der Waals surface area contributed by atoms with Gasteiger partial charge in [-0.05, 0) is 35.2 Å². The van der Waals surface area contributed by atoms with Crippen LogP contribution >= 0.6 is 0 Å². The second-order valence-electron chi connectivity index (χ2n) is 9.35. The average Bonchev–Trinajstić information content (AvgIpc) is 2.89. The van der Waals surface area contributed by atoms with Crippen molar-refractivity contribution in [2.45, 2.75) is 26.2 Å². The minimum absolute atomic E-state index is 0.0401. The zero-order valence-electron chi connectivity index (χ0n) is 21.2. The molecule has 0 bridgehead atoms. The maximum Gasteiger partial charge on any atom is 0.335 e. The topological polar surface area (TPSA) is 134 Å². The average molecular weight is 499 g/mol. The summed E-state index contributed by atoms with van der Waals surface area (Å²) in [5, 5.41) is 9.05. The molecule has 0 unspecified atom stereocenters. The third-order valence-electron chi connectivity index (χ3n) is 5.73. The fraction of sp³-hybridized carbons (Fsp3) is 0.172. The molecule has 0 saturated heterocycles. The SMILES string of the molecule is CN=C(C(=O)C(N)=C(NNC(=O)c1ccc(C(=O)O)cc1)c1ccccc1)c1ccc(C(C)(C)C)cc1. The molecule has 0 heterocycles. The number of aromatic carboxylic acids is 1. The van der Waals surface area contributed by atoms with Crippen molar-refractivity contribution >= 4 is 29.1 Å². The Hall–Kier alpha value is -4.72. The van der Waals surface area contributed by atoms with E-state index < -0.39 is 17.7 Å². The molecule has 0 aliphatic heterocycles. The molecule has 3 rings (SSSR count). The normalized spacial score (nSPS) is 12.4. The molecule has 0 fully saturated rings. The van der Waals surface area contributed by atoms with Crippen LogP contribution in [0.4, 0.5) is 0 Å². The van der Waals surface area contributed by atoms with Crippen molar-refractivity contribution in [2.75, 3.05) is 7.05 Å². The van der Waals surface area contributed by atoms with Crippen LogP contribution in [0.25, 0.3) is 5.70 Å². The summed E-state index contributed by atoms with van der Waals surface area (Å²) in [7, 11) is 1.52. The molecule has 0 aliphatic carbocycles. The maximum atomic E-state index is 13.5. The minimum atomic E-state index is -1.09. The van der Waals surface area contributed by atoms with Gasteiger partial charge in [0.15, 0.2) is 0 Å². The zero-order valence-corrected chi connectivity index (χ0v) is 21.2. The van der Waals surface area contributed by atoms with Crippen LogP contribution in [0.3, 0.4) is 0 Å². The quantitative estimate of drug-likeness (QED) is 0.211. The second kappa shape index (κ2) is 11.3. The molecule has 0 spiro atoms. The Morgan fingerprint density at radius 2 is 1.30 bits per heavy atom. The highest BCUT2D eigenvalue weighted by Gasteiger charge is 2.22. The highest BCUT2D eigenvalue weighted by Crippen LogP contribution is 2.23. The summed E-state index contributed by atoms with van der Waals surface area (Å²) in [6, 6.07) is 21.9. The number of carbonyl (C=O) groups excluding carboxylic acids is 2. The van der Waals surface area contributed by atoms with Crippen LogP contribution in [-0.4, -0.2) is 35.5 Å². The standard InChI is InChI=1S/C29H30N4O4/c1-29(2,3)22-16-14-19(15-17-22)25(31-4)26(34)23(30)24(18-8-6-5-7-9-18)32-33-27(35)20-10-12-21(13-11-20)28(36)37/h5-17,32H,30H2,1-4H3,(H,33,35)(H,36,37). The number of carboxylic acids is 1. The predicted octanol–water partition coefficient (Wildman–Crippen LogP) is 3.93. The Kier molecular flexibility index (Phi) is 8.24. The number of nitrogens with zero attached hydrogens (tertiary/aromatic N) is 1. The van der Waals surface area contributed by atoms with E-state index >= 15 is 0 Å². The van der Waals surface area contributed by atoms with Crippen LogP contribution < -0.4 is 16.6 Å².